The topological polar surface area (TPSA) is 100 Å². The van der Waals surface area contributed by atoms with Crippen molar-refractivity contribution >= 4 is 17.1 Å². The highest BCUT2D eigenvalue weighted by atomic mass is 16.5. The lowest BCUT2D eigenvalue weighted by Gasteiger charge is -2.26. The number of ether oxygens (including phenoxy) is 1. The molecular formula is C19H21N5O4. The Bertz CT molecular complexity index is 1170. The molecule has 1 amide bonds. The van der Waals surface area contributed by atoms with Gasteiger partial charge in [-0.05, 0) is 6.07 Å². The van der Waals surface area contributed by atoms with Crippen molar-refractivity contribution in [2.75, 3.05) is 6.61 Å². The standard InChI is InChI=1S/C19H21N5O4/c1-22-17-16(18(26)23(2)19(22)27)24(11-20-17)9-7-15(25)21-13-8-10-28-14-6-4-3-5-12(13)14/h3-6,11,13H,7-10H2,1-2H3,(H,21,25). The number of aryl methyl sites for hydroxylation is 2. The Morgan fingerprint density at radius 1 is 1.25 bits per heavy atom. The summed E-state index contributed by atoms with van der Waals surface area (Å²) in [7, 11) is 2.99. The zero-order valence-electron chi connectivity index (χ0n) is 15.7. The quantitative estimate of drug-likeness (QED) is 0.706. The van der Waals surface area contributed by atoms with Crippen LogP contribution in [0.15, 0.2) is 40.2 Å². The minimum atomic E-state index is -0.432. The van der Waals surface area contributed by atoms with Gasteiger partial charge in [-0.25, -0.2) is 9.78 Å². The predicted octanol–water partition coefficient (Wildman–Crippen LogP) is 0.464. The van der Waals surface area contributed by atoms with E-state index in [0.717, 1.165) is 15.9 Å². The number of hydrogen-bond acceptors (Lipinski definition) is 5. The monoisotopic (exact) mass is 383 g/mol. The van der Waals surface area contributed by atoms with Crippen LogP contribution in [0.3, 0.4) is 0 Å². The molecule has 1 atom stereocenters. The van der Waals surface area contributed by atoms with Gasteiger partial charge in [-0.1, -0.05) is 18.2 Å². The highest BCUT2D eigenvalue weighted by molar-refractivity contribution is 5.77. The minimum Gasteiger partial charge on any atom is -0.493 e. The van der Waals surface area contributed by atoms with Crippen molar-refractivity contribution in [2.45, 2.75) is 25.4 Å². The van der Waals surface area contributed by atoms with Crippen molar-refractivity contribution in [3.8, 4) is 5.75 Å². The van der Waals surface area contributed by atoms with Crippen LogP contribution in [0.25, 0.3) is 11.2 Å². The number of nitrogens with one attached hydrogen (secondary N) is 1. The number of imidazole rings is 1. The Hall–Kier alpha value is -3.36. The summed E-state index contributed by atoms with van der Waals surface area (Å²) in [6.45, 7) is 0.846. The molecule has 0 saturated heterocycles. The average molecular weight is 383 g/mol. The lowest BCUT2D eigenvalue weighted by atomic mass is 10.0. The van der Waals surface area contributed by atoms with Crippen LogP contribution in [0.2, 0.25) is 0 Å². The lowest BCUT2D eigenvalue weighted by molar-refractivity contribution is -0.122. The first-order chi connectivity index (χ1) is 13.5. The molecule has 0 bridgehead atoms. The van der Waals surface area contributed by atoms with Gasteiger partial charge in [0.05, 0.1) is 19.0 Å². The maximum Gasteiger partial charge on any atom is 0.332 e. The van der Waals surface area contributed by atoms with Crippen LogP contribution in [0.4, 0.5) is 0 Å². The van der Waals surface area contributed by atoms with E-state index in [2.05, 4.69) is 10.3 Å². The second-order valence-corrected chi connectivity index (χ2v) is 6.86. The number of aromatic nitrogens is 4. The summed E-state index contributed by atoms with van der Waals surface area (Å²) in [6, 6.07) is 7.58. The van der Waals surface area contributed by atoms with E-state index in [4.69, 9.17) is 4.74 Å². The second kappa shape index (κ2) is 6.99. The van der Waals surface area contributed by atoms with Crippen molar-refractivity contribution in [3.63, 3.8) is 0 Å². The van der Waals surface area contributed by atoms with Gasteiger partial charge in [0.25, 0.3) is 5.56 Å². The van der Waals surface area contributed by atoms with Crippen molar-refractivity contribution < 1.29 is 9.53 Å². The fourth-order valence-corrected chi connectivity index (χ4v) is 3.55. The summed E-state index contributed by atoms with van der Waals surface area (Å²) >= 11 is 0. The molecule has 0 radical (unpaired) electrons. The lowest BCUT2D eigenvalue weighted by Crippen LogP contribution is -2.37. The second-order valence-electron chi connectivity index (χ2n) is 6.86. The van der Waals surface area contributed by atoms with Gasteiger partial charge < -0.3 is 14.6 Å². The molecule has 4 rings (SSSR count). The summed E-state index contributed by atoms with van der Waals surface area (Å²) in [6.07, 6.45) is 2.39. The van der Waals surface area contributed by atoms with E-state index in [1.165, 1.54) is 17.9 Å². The molecule has 28 heavy (non-hydrogen) atoms. The number of carbonyl (C=O) groups excluding carboxylic acids is 1. The molecule has 1 N–H and O–H groups in total. The summed E-state index contributed by atoms with van der Waals surface area (Å²) in [5, 5.41) is 3.04. The van der Waals surface area contributed by atoms with E-state index < -0.39 is 11.2 Å². The van der Waals surface area contributed by atoms with Crippen molar-refractivity contribution in [3.05, 3.63) is 57.0 Å². The molecule has 1 aliphatic rings. The maximum absolute atomic E-state index is 12.5. The molecule has 3 heterocycles. The molecule has 1 unspecified atom stereocenters. The van der Waals surface area contributed by atoms with Crippen molar-refractivity contribution in [1.29, 1.82) is 0 Å². The van der Waals surface area contributed by atoms with Gasteiger partial charge in [-0.3, -0.25) is 18.7 Å². The predicted molar refractivity (Wildman–Crippen MR) is 102 cm³/mol. The number of amides is 1. The van der Waals surface area contributed by atoms with Crippen molar-refractivity contribution in [1.82, 2.24) is 24.0 Å². The third-order valence-corrected chi connectivity index (χ3v) is 5.09. The smallest absolute Gasteiger partial charge is 0.332 e. The van der Waals surface area contributed by atoms with Gasteiger partial charge in [0.15, 0.2) is 11.2 Å². The van der Waals surface area contributed by atoms with Crippen LogP contribution >= 0.6 is 0 Å². The zero-order valence-corrected chi connectivity index (χ0v) is 15.7. The Kier molecular flexibility index (Phi) is 4.50. The van der Waals surface area contributed by atoms with E-state index in [0.29, 0.717) is 30.7 Å². The van der Waals surface area contributed by atoms with Crippen LogP contribution in [-0.4, -0.2) is 31.2 Å². The Morgan fingerprint density at radius 2 is 2.04 bits per heavy atom. The van der Waals surface area contributed by atoms with E-state index in [9.17, 15) is 14.4 Å². The van der Waals surface area contributed by atoms with Crippen LogP contribution in [0.5, 0.6) is 5.75 Å². The average Bonchev–Trinajstić information content (AvgIpc) is 3.13. The molecule has 3 aromatic rings. The minimum absolute atomic E-state index is 0.0920. The number of rotatable bonds is 4. The summed E-state index contributed by atoms with van der Waals surface area (Å²) in [5.74, 6) is 0.675. The van der Waals surface area contributed by atoms with E-state index in [1.807, 2.05) is 24.3 Å². The Labute approximate surface area is 160 Å². The Morgan fingerprint density at radius 3 is 2.86 bits per heavy atom. The van der Waals surface area contributed by atoms with Gasteiger partial charge >= 0.3 is 5.69 Å². The maximum atomic E-state index is 12.5. The zero-order chi connectivity index (χ0) is 19.8. The third kappa shape index (κ3) is 2.98. The summed E-state index contributed by atoms with van der Waals surface area (Å²) < 4.78 is 9.61. The first-order valence-electron chi connectivity index (χ1n) is 9.09. The molecule has 9 heteroatoms. The molecule has 0 saturated carbocycles. The third-order valence-electron chi connectivity index (χ3n) is 5.09. The fourth-order valence-electron chi connectivity index (χ4n) is 3.55. The molecule has 1 aromatic carbocycles. The number of para-hydroxylation sites is 1. The SMILES string of the molecule is Cn1c(=O)c2c(ncn2CCC(=O)NC2CCOc3ccccc32)n(C)c1=O. The number of carbonyl (C=O) groups is 1. The molecule has 0 fully saturated rings. The molecule has 1 aliphatic heterocycles. The summed E-state index contributed by atoms with van der Waals surface area (Å²) in [5.41, 5.74) is 0.743. The normalized spacial score (nSPS) is 15.9. The molecular weight excluding hydrogens is 362 g/mol. The Balaban J connectivity index is 1.51. The van der Waals surface area contributed by atoms with E-state index in [-0.39, 0.29) is 18.4 Å². The van der Waals surface area contributed by atoms with Crippen LogP contribution in [0, 0.1) is 0 Å². The van der Waals surface area contributed by atoms with Crippen LogP contribution in [0.1, 0.15) is 24.4 Å². The highest BCUT2D eigenvalue weighted by Crippen LogP contribution is 2.31. The molecule has 146 valence electrons. The largest absolute Gasteiger partial charge is 0.493 e. The number of hydrogen-bond donors (Lipinski definition) is 1. The van der Waals surface area contributed by atoms with Gasteiger partial charge in [0.1, 0.15) is 5.75 Å². The van der Waals surface area contributed by atoms with Gasteiger partial charge in [-0.15, -0.1) is 0 Å². The fraction of sp³-hybridized carbons (Fsp3) is 0.368. The van der Waals surface area contributed by atoms with Gasteiger partial charge in [0, 0.05) is 39.0 Å². The molecule has 2 aromatic heterocycles. The van der Waals surface area contributed by atoms with Gasteiger partial charge in [-0.2, -0.15) is 0 Å². The van der Waals surface area contributed by atoms with Gasteiger partial charge in [0.2, 0.25) is 5.91 Å². The number of fused-ring (bicyclic) bond motifs is 2. The van der Waals surface area contributed by atoms with E-state index in [1.54, 1.807) is 11.6 Å². The van der Waals surface area contributed by atoms with E-state index >= 15 is 0 Å². The first kappa shape index (κ1) is 18.0. The number of nitrogens with zero attached hydrogens (tertiary/aromatic N) is 4. The molecule has 9 nitrogen and oxygen atoms in total. The molecule has 0 spiro atoms. The number of benzene rings is 1. The summed E-state index contributed by atoms with van der Waals surface area (Å²) in [4.78, 5) is 41.1. The molecule has 0 aliphatic carbocycles. The van der Waals surface area contributed by atoms with Crippen LogP contribution in [-0.2, 0) is 25.4 Å². The highest BCUT2D eigenvalue weighted by Gasteiger charge is 2.22. The first-order valence-corrected chi connectivity index (χ1v) is 9.09. The van der Waals surface area contributed by atoms with Crippen LogP contribution < -0.4 is 21.3 Å². The van der Waals surface area contributed by atoms with Crippen molar-refractivity contribution in [2.24, 2.45) is 14.1 Å².